The highest BCUT2D eigenvalue weighted by atomic mass is 19.4. The SMILES string of the molecule is CC(C)CCC1CCC2C3CC[C@@H]4CC(C(F)(F)F)CC[C@]4(C)C3CC[C@]12C. The molecule has 0 aromatic heterocycles. The Bertz CT molecular complexity index is 567. The number of hydrogen-bond donors (Lipinski definition) is 0. The van der Waals surface area contributed by atoms with E-state index < -0.39 is 12.1 Å². The van der Waals surface area contributed by atoms with Crippen molar-refractivity contribution < 1.29 is 13.2 Å². The zero-order chi connectivity index (χ0) is 20.3. The molecule has 3 heteroatoms. The number of rotatable bonds is 3. The van der Waals surface area contributed by atoms with E-state index in [4.69, 9.17) is 0 Å². The Morgan fingerprint density at radius 1 is 0.857 bits per heavy atom. The molecule has 0 aromatic carbocycles. The van der Waals surface area contributed by atoms with E-state index in [0.717, 1.165) is 36.5 Å². The normalized spacial score (nSPS) is 48.9. The number of halogens is 3. The fourth-order valence-corrected chi connectivity index (χ4v) is 8.67. The molecule has 4 aliphatic rings. The van der Waals surface area contributed by atoms with Gasteiger partial charge in [0.2, 0.25) is 0 Å². The molecule has 0 amide bonds. The van der Waals surface area contributed by atoms with Crippen molar-refractivity contribution in [2.75, 3.05) is 0 Å². The summed E-state index contributed by atoms with van der Waals surface area (Å²) in [6.07, 6.45) is 7.96. The third-order valence-electron chi connectivity index (χ3n) is 10.4. The highest BCUT2D eigenvalue weighted by Crippen LogP contribution is 2.68. The Morgan fingerprint density at radius 3 is 2.21 bits per heavy atom. The predicted octanol–water partition coefficient (Wildman–Crippen LogP) is 8.26. The van der Waals surface area contributed by atoms with Gasteiger partial charge in [-0.15, -0.1) is 0 Å². The minimum Gasteiger partial charge on any atom is -0.171 e. The minimum atomic E-state index is -3.99. The van der Waals surface area contributed by atoms with E-state index in [1.807, 2.05) is 0 Å². The van der Waals surface area contributed by atoms with E-state index in [1.165, 1.54) is 44.9 Å². The van der Waals surface area contributed by atoms with Crippen LogP contribution in [0.25, 0.3) is 0 Å². The molecular weight excluding hydrogens is 357 g/mol. The number of hydrogen-bond acceptors (Lipinski definition) is 0. The van der Waals surface area contributed by atoms with Crippen LogP contribution < -0.4 is 0 Å². The van der Waals surface area contributed by atoms with Crippen molar-refractivity contribution in [3.63, 3.8) is 0 Å². The lowest BCUT2D eigenvalue weighted by Crippen LogP contribution is -2.54. The molecule has 4 rings (SSSR count). The summed E-state index contributed by atoms with van der Waals surface area (Å²) in [6.45, 7) is 9.64. The first-order valence-corrected chi connectivity index (χ1v) is 12.1. The van der Waals surface area contributed by atoms with Gasteiger partial charge in [0.25, 0.3) is 0 Å². The van der Waals surface area contributed by atoms with Gasteiger partial charge < -0.3 is 0 Å². The van der Waals surface area contributed by atoms with E-state index >= 15 is 0 Å². The quantitative estimate of drug-likeness (QED) is 0.449. The topological polar surface area (TPSA) is 0 Å². The summed E-state index contributed by atoms with van der Waals surface area (Å²) < 4.78 is 40.1. The van der Waals surface area contributed by atoms with Gasteiger partial charge in [0.1, 0.15) is 0 Å². The molecule has 5 unspecified atom stereocenters. The van der Waals surface area contributed by atoms with Crippen LogP contribution in [-0.4, -0.2) is 6.18 Å². The van der Waals surface area contributed by atoms with E-state index in [-0.39, 0.29) is 5.41 Å². The molecule has 0 heterocycles. The van der Waals surface area contributed by atoms with E-state index in [0.29, 0.717) is 30.1 Å². The van der Waals surface area contributed by atoms with Gasteiger partial charge in [-0.25, -0.2) is 0 Å². The van der Waals surface area contributed by atoms with Crippen LogP contribution >= 0.6 is 0 Å². The Kier molecular flexibility index (Phi) is 5.40. The lowest BCUT2D eigenvalue weighted by Gasteiger charge is -2.61. The number of alkyl halides is 3. The third-order valence-corrected chi connectivity index (χ3v) is 10.4. The van der Waals surface area contributed by atoms with Crippen molar-refractivity contribution in [2.45, 2.75) is 105 Å². The average Bonchev–Trinajstić information content (AvgIpc) is 2.94. The molecule has 162 valence electrons. The van der Waals surface area contributed by atoms with Crippen LogP contribution in [0.1, 0.15) is 98.3 Å². The molecule has 4 saturated carbocycles. The number of fused-ring (bicyclic) bond motifs is 5. The van der Waals surface area contributed by atoms with Crippen molar-refractivity contribution in [3.8, 4) is 0 Å². The third kappa shape index (κ3) is 3.35. The van der Waals surface area contributed by atoms with Gasteiger partial charge in [0, 0.05) is 0 Å². The average molecular weight is 399 g/mol. The zero-order valence-electron chi connectivity index (χ0n) is 18.5. The summed E-state index contributed by atoms with van der Waals surface area (Å²) in [5.74, 6) is 3.24. The molecule has 4 fully saturated rings. The lowest BCUT2D eigenvalue weighted by atomic mass is 9.44. The first-order chi connectivity index (χ1) is 13.1. The minimum absolute atomic E-state index is 0.169. The van der Waals surface area contributed by atoms with Crippen LogP contribution in [0.4, 0.5) is 13.2 Å². The van der Waals surface area contributed by atoms with Crippen molar-refractivity contribution in [2.24, 2.45) is 52.3 Å². The molecule has 0 aromatic rings. The molecule has 8 atom stereocenters. The van der Waals surface area contributed by atoms with Crippen molar-refractivity contribution >= 4 is 0 Å². The second-order valence-corrected chi connectivity index (χ2v) is 12.0. The van der Waals surface area contributed by atoms with Gasteiger partial charge in [-0.2, -0.15) is 13.2 Å². The molecule has 0 spiro atoms. The Morgan fingerprint density at radius 2 is 1.54 bits per heavy atom. The van der Waals surface area contributed by atoms with Gasteiger partial charge in [0.05, 0.1) is 5.92 Å². The second kappa shape index (κ2) is 7.19. The predicted molar refractivity (Wildman–Crippen MR) is 109 cm³/mol. The van der Waals surface area contributed by atoms with E-state index in [9.17, 15) is 13.2 Å². The maximum Gasteiger partial charge on any atom is 0.391 e. The summed E-state index contributed by atoms with van der Waals surface area (Å²) in [6, 6.07) is 0. The largest absolute Gasteiger partial charge is 0.391 e. The molecule has 0 bridgehead atoms. The van der Waals surface area contributed by atoms with Crippen molar-refractivity contribution in [1.82, 2.24) is 0 Å². The van der Waals surface area contributed by atoms with Crippen LogP contribution in [0.15, 0.2) is 0 Å². The van der Waals surface area contributed by atoms with E-state index in [1.54, 1.807) is 0 Å². The molecule has 4 aliphatic carbocycles. The summed E-state index contributed by atoms with van der Waals surface area (Å²) in [4.78, 5) is 0. The summed E-state index contributed by atoms with van der Waals surface area (Å²) in [5.41, 5.74) is 0.671. The van der Waals surface area contributed by atoms with Gasteiger partial charge in [-0.05, 0) is 111 Å². The summed E-state index contributed by atoms with van der Waals surface area (Å²) in [7, 11) is 0. The monoisotopic (exact) mass is 398 g/mol. The Balaban J connectivity index is 1.49. The molecule has 28 heavy (non-hydrogen) atoms. The smallest absolute Gasteiger partial charge is 0.171 e. The molecule has 0 radical (unpaired) electrons. The molecule has 0 saturated heterocycles. The summed E-state index contributed by atoms with van der Waals surface area (Å²) >= 11 is 0. The maximum absolute atomic E-state index is 13.4. The Labute approximate surface area is 170 Å². The van der Waals surface area contributed by atoms with Crippen LogP contribution in [0.2, 0.25) is 0 Å². The van der Waals surface area contributed by atoms with Gasteiger partial charge >= 0.3 is 6.18 Å². The molecule has 0 N–H and O–H groups in total. The van der Waals surface area contributed by atoms with Gasteiger partial charge in [0.15, 0.2) is 0 Å². The first kappa shape index (κ1) is 21.0. The fourth-order valence-electron chi connectivity index (χ4n) is 8.67. The van der Waals surface area contributed by atoms with Crippen molar-refractivity contribution in [1.29, 1.82) is 0 Å². The summed E-state index contributed by atoms with van der Waals surface area (Å²) in [5, 5.41) is 0. The second-order valence-electron chi connectivity index (χ2n) is 12.0. The zero-order valence-corrected chi connectivity index (χ0v) is 18.5. The molecule has 0 aliphatic heterocycles. The maximum atomic E-state index is 13.4. The van der Waals surface area contributed by atoms with Crippen LogP contribution in [0.5, 0.6) is 0 Å². The standard InChI is InChI=1S/C25H41F3/c1-16(2)5-6-17-8-10-21-20-9-7-18-15-19(25(26,27)28)11-13-24(18,4)22(20)12-14-23(17,21)3/h16-22H,5-15H2,1-4H3/t17?,18-,19?,20?,21?,22?,23-,24+/m1/s1. The Hall–Kier alpha value is -0.210. The van der Waals surface area contributed by atoms with Gasteiger partial charge in [-0.3, -0.25) is 0 Å². The highest BCUT2D eigenvalue weighted by molar-refractivity contribution is 5.09. The van der Waals surface area contributed by atoms with Gasteiger partial charge in [-0.1, -0.05) is 34.1 Å². The van der Waals surface area contributed by atoms with Crippen LogP contribution in [0, 0.1) is 52.3 Å². The fraction of sp³-hybridized carbons (Fsp3) is 1.00. The molecular formula is C25H41F3. The first-order valence-electron chi connectivity index (χ1n) is 12.1. The lowest BCUT2D eigenvalue weighted by molar-refractivity contribution is -0.208. The van der Waals surface area contributed by atoms with E-state index in [2.05, 4.69) is 27.7 Å². The van der Waals surface area contributed by atoms with Crippen molar-refractivity contribution in [3.05, 3.63) is 0 Å². The molecule has 0 nitrogen and oxygen atoms in total. The highest BCUT2D eigenvalue weighted by Gasteiger charge is 2.61. The van der Waals surface area contributed by atoms with Crippen LogP contribution in [-0.2, 0) is 0 Å². The van der Waals surface area contributed by atoms with Crippen LogP contribution in [0.3, 0.4) is 0 Å².